The molecule has 2 rings (SSSR count). The maximum absolute atomic E-state index is 12.3. The van der Waals surface area contributed by atoms with Crippen molar-refractivity contribution < 1.29 is 0 Å². The van der Waals surface area contributed by atoms with Crippen LogP contribution in [0.25, 0.3) is 10.9 Å². The summed E-state index contributed by atoms with van der Waals surface area (Å²) in [5.74, 6) is 0.266. The molecule has 2 aromatic rings. The van der Waals surface area contributed by atoms with Crippen LogP contribution in [0.2, 0.25) is 0 Å². The molecule has 0 bridgehead atoms. The fourth-order valence-electron chi connectivity index (χ4n) is 2.20. The van der Waals surface area contributed by atoms with E-state index in [0.29, 0.717) is 18.5 Å². The molecular weight excluding hydrogens is 228 g/mol. The Bertz CT molecular complexity index is 680. The molecule has 0 saturated heterocycles. The Hall–Kier alpha value is -1.84. The summed E-state index contributed by atoms with van der Waals surface area (Å²) in [5.41, 5.74) is 0.318. The highest BCUT2D eigenvalue weighted by Gasteiger charge is 2.12. The Morgan fingerprint density at radius 1 is 1.11 bits per heavy atom. The van der Waals surface area contributed by atoms with Gasteiger partial charge in [-0.3, -0.25) is 13.9 Å². The second-order valence-corrected chi connectivity index (χ2v) is 4.85. The van der Waals surface area contributed by atoms with Gasteiger partial charge in [-0.2, -0.15) is 0 Å². The molecule has 0 aliphatic carbocycles. The Morgan fingerprint density at radius 2 is 1.78 bits per heavy atom. The van der Waals surface area contributed by atoms with E-state index in [1.807, 2.05) is 39.0 Å². The van der Waals surface area contributed by atoms with E-state index in [1.54, 1.807) is 10.6 Å². The maximum Gasteiger partial charge on any atom is 0.331 e. The largest absolute Gasteiger partial charge is 0.331 e. The molecule has 0 N–H and O–H groups in total. The molecule has 0 unspecified atom stereocenters. The molecule has 4 nitrogen and oxygen atoms in total. The first-order valence-electron chi connectivity index (χ1n) is 6.28. The number of nitrogens with zero attached hydrogens (tertiary/aromatic N) is 2. The van der Waals surface area contributed by atoms with Gasteiger partial charge in [0.15, 0.2) is 0 Å². The van der Waals surface area contributed by atoms with E-state index in [0.717, 1.165) is 5.52 Å². The van der Waals surface area contributed by atoms with E-state index in [4.69, 9.17) is 0 Å². The maximum atomic E-state index is 12.3. The van der Waals surface area contributed by atoms with Crippen molar-refractivity contribution in [3.63, 3.8) is 0 Å². The van der Waals surface area contributed by atoms with Crippen LogP contribution in [0.1, 0.15) is 20.8 Å². The number of fused-ring (bicyclic) bond motifs is 1. The van der Waals surface area contributed by atoms with Gasteiger partial charge in [0, 0.05) is 13.1 Å². The van der Waals surface area contributed by atoms with E-state index in [1.165, 1.54) is 4.57 Å². The average molecular weight is 246 g/mol. The minimum Gasteiger partial charge on any atom is -0.293 e. The van der Waals surface area contributed by atoms with Crippen LogP contribution < -0.4 is 11.2 Å². The zero-order valence-electron chi connectivity index (χ0n) is 11.0. The predicted octanol–water partition coefficient (Wildman–Crippen LogP) is 1.84. The highest BCUT2D eigenvalue weighted by Crippen LogP contribution is 2.07. The monoisotopic (exact) mass is 246 g/mol. The lowest BCUT2D eigenvalue weighted by Gasteiger charge is -2.13. The number of para-hydroxylation sites is 1. The summed E-state index contributed by atoms with van der Waals surface area (Å²) in [5, 5.41) is 0.611. The first-order valence-corrected chi connectivity index (χ1v) is 6.28. The van der Waals surface area contributed by atoms with Crippen molar-refractivity contribution in [2.45, 2.75) is 33.9 Å². The fourth-order valence-corrected chi connectivity index (χ4v) is 2.20. The zero-order valence-corrected chi connectivity index (χ0v) is 11.0. The predicted molar refractivity (Wildman–Crippen MR) is 73.0 cm³/mol. The van der Waals surface area contributed by atoms with Crippen molar-refractivity contribution in [1.82, 2.24) is 9.13 Å². The topological polar surface area (TPSA) is 44.0 Å². The third-order valence-corrected chi connectivity index (χ3v) is 3.00. The van der Waals surface area contributed by atoms with Gasteiger partial charge in [-0.25, -0.2) is 4.79 Å². The second kappa shape index (κ2) is 4.80. The van der Waals surface area contributed by atoms with Crippen molar-refractivity contribution in [2.24, 2.45) is 5.92 Å². The highest BCUT2D eigenvalue weighted by atomic mass is 16.2. The zero-order chi connectivity index (χ0) is 13.3. The first kappa shape index (κ1) is 12.6. The van der Waals surface area contributed by atoms with Crippen molar-refractivity contribution in [2.75, 3.05) is 0 Å². The SMILES string of the molecule is CCn1c(=O)n(CC(C)C)c(=O)c2ccccc21. The second-order valence-electron chi connectivity index (χ2n) is 4.85. The standard InChI is InChI=1S/C14H18N2O2/c1-4-15-12-8-6-5-7-11(12)13(17)16(14(15)18)9-10(2)3/h5-8,10H,4,9H2,1-3H3. The molecule has 0 saturated carbocycles. The third kappa shape index (κ3) is 1.98. The van der Waals surface area contributed by atoms with Crippen LogP contribution >= 0.6 is 0 Å². The van der Waals surface area contributed by atoms with E-state index < -0.39 is 0 Å². The van der Waals surface area contributed by atoms with E-state index in [-0.39, 0.29) is 17.2 Å². The molecule has 18 heavy (non-hydrogen) atoms. The molecule has 0 atom stereocenters. The molecule has 4 heteroatoms. The highest BCUT2D eigenvalue weighted by molar-refractivity contribution is 5.77. The minimum atomic E-state index is -0.213. The first-order chi connectivity index (χ1) is 8.56. The van der Waals surface area contributed by atoms with E-state index in [9.17, 15) is 9.59 Å². The van der Waals surface area contributed by atoms with Crippen LogP contribution in [0.15, 0.2) is 33.9 Å². The number of benzene rings is 1. The van der Waals surface area contributed by atoms with Crippen LogP contribution in [0.5, 0.6) is 0 Å². The lowest BCUT2D eigenvalue weighted by Crippen LogP contribution is -2.40. The molecule has 1 aromatic carbocycles. The van der Waals surface area contributed by atoms with Crippen molar-refractivity contribution in [3.8, 4) is 0 Å². The molecule has 1 aromatic heterocycles. The molecule has 96 valence electrons. The molecule has 1 heterocycles. The molecule has 0 amide bonds. The fraction of sp³-hybridized carbons (Fsp3) is 0.429. The minimum absolute atomic E-state index is 0.186. The molecule has 0 fully saturated rings. The van der Waals surface area contributed by atoms with E-state index >= 15 is 0 Å². The normalized spacial score (nSPS) is 11.3. The number of aryl methyl sites for hydroxylation is 1. The van der Waals surface area contributed by atoms with Crippen molar-refractivity contribution in [1.29, 1.82) is 0 Å². The molecule has 0 aliphatic heterocycles. The Kier molecular flexibility index (Phi) is 3.36. The van der Waals surface area contributed by atoms with E-state index in [2.05, 4.69) is 0 Å². The summed E-state index contributed by atoms with van der Waals surface area (Å²) in [4.78, 5) is 24.6. The lowest BCUT2D eigenvalue weighted by atomic mass is 10.2. The number of hydrogen-bond acceptors (Lipinski definition) is 2. The van der Waals surface area contributed by atoms with Crippen LogP contribution in [0.4, 0.5) is 0 Å². The van der Waals surface area contributed by atoms with Crippen LogP contribution in [0.3, 0.4) is 0 Å². The van der Waals surface area contributed by atoms with Crippen molar-refractivity contribution in [3.05, 3.63) is 45.1 Å². The van der Waals surface area contributed by atoms with Crippen LogP contribution in [0, 0.1) is 5.92 Å². The summed E-state index contributed by atoms with van der Waals surface area (Å²) in [7, 11) is 0. The molecule has 0 aliphatic rings. The Balaban J connectivity index is 2.88. The molecular formula is C14H18N2O2. The Morgan fingerprint density at radius 3 is 2.39 bits per heavy atom. The van der Waals surface area contributed by atoms with Gasteiger partial charge in [-0.1, -0.05) is 26.0 Å². The van der Waals surface area contributed by atoms with Gasteiger partial charge in [-0.05, 0) is 25.0 Å². The lowest BCUT2D eigenvalue weighted by molar-refractivity contribution is 0.479. The summed E-state index contributed by atoms with van der Waals surface area (Å²) in [6.07, 6.45) is 0. The van der Waals surface area contributed by atoms with Gasteiger partial charge in [0.25, 0.3) is 5.56 Å². The number of hydrogen-bond donors (Lipinski definition) is 0. The van der Waals surface area contributed by atoms with Gasteiger partial charge in [0.1, 0.15) is 0 Å². The average Bonchev–Trinajstić information content (AvgIpc) is 2.35. The molecule has 0 spiro atoms. The van der Waals surface area contributed by atoms with Crippen LogP contribution in [-0.4, -0.2) is 9.13 Å². The van der Waals surface area contributed by atoms with Gasteiger partial charge in [-0.15, -0.1) is 0 Å². The quantitative estimate of drug-likeness (QED) is 0.829. The van der Waals surface area contributed by atoms with Gasteiger partial charge >= 0.3 is 5.69 Å². The van der Waals surface area contributed by atoms with Gasteiger partial charge in [0.05, 0.1) is 10.9 Å². The molecule has 0 radical (unpaired) electrons. The smallest absolute Gasteiger partial charge is 0.293 e. The number of aromatic nitrogens is 2. The summed E-state index contributed by atoms with van der Waals surface area (Å²) in [6.45, 7) is 6.94. The van der Waals surface area contributed by atoms with Gasteiger partial charge < -0.3 is 0 Å². The van der Waals surface area contributed by atoms with Crippen LogP contribution in [-0.2, 0) is 13.1 Å². The third-order valence-electron chi connectivity index (χ3n) is 3.00. The summed E-state index contributed by atoms with van der Waals surface area (Å²) in [6, 6.07) is 7.27. The Labute approximate surface area is 105 Å². The summed E-state index contributed by atoms with van der Waals surface area (Å²) >= 11 is 0. The van der Waals surface area contributed by atoms with Crippen molar-refractivity contribution >= 4 is 10.9 Å². The van der Waals surface area contributed by atoms with Gasteiger partial charge in [0.2, 0.25) is 0 Å². The number of rotatable bonds is 3. The summed E-state index contributed by atoms with van der Waals surface area (Å²) < 4.78 is 3.00.